The summed E-state index contributed by atoms with van der Waals surface area (Å²) in [5, 5.41) is 2.85. The van der Waals surface area contributed by atoms with Gasteiger partial charge in [-0.05, 0) is 18.6 Å². The third-order valence-corrected chi connectivity index (χ3v) is 4.11. The van der Waals surface area contributed by atoms with Crippen molar-refractivity contribution in [1.82, 2.24) is 20.1 Å². The number of carbonyl (C=O) groups is 3. The molecule has 1 aromatic rings. The van der Waals surface area contributed by atoms with E-state index in [1.807, 2.05) is 0 Å². The fourth-order valence-electron chi connectivity index (χ4n) is 3.19. The van der Waals surface area contributed by atoms with Gasteiger partial charge >= 0.3 is 0 Å². The number of carbonyl (C=O) groups excluding carboxylic acids is 3. The summed E-state index contributed by atoms with van der Waals surface area (Å²) in [7, 11) is 0. The predicted molar refractivity (Wildman–Crippen MR) is 77.9 cm³/mol. The lowest BCUT2D eigenvalue weighted by molar-refractivity contribution is -0.136. The number of pyridine rings is 1. The van der Waals surface area contributed by atoms with Crippen molar-refractivity contribution in [3.05, 3.63) is 30.1 Å². The normalized spacial score (nSPS) is 24.1. The van der Waals surface area contributed by atoms with Crippen molar-refractivity contribution >= 4 is 17.7 Å². The van der Waals surface area contributed by atoms with Gasteiger partial charge in [-0.1, -0.05) is 0 Å². The molecule has 0 unspecified atom stereocenters. The Hall–Kier alpha value is -2.44. The number of aromatic nitrogens is 1. The Balaban J connectivity index is 1.70. The number of amides is 3. The van der Waals surface area contributed by atoms with Gasteiger partial charge in [0.25, 0.3) is 5.91 Å². The van der Waals surface area contributed by atoms with Crippen LogP contribution in [0, 0.1) is 0 Å². The molecule has 0 saturated carbocycles. The summed E-state index contributed by atoms with van der Waals surface area (Å²) in [5.74, 6) is -0.313. The molecular formula is C15H18N4O3. The summed E-state index contributed by atoms with van der Waals surface area (Å²) < 4.78 is 0. The first-order chi connectivity index (χ1) is 10.5. The first-order valence-corrected chi connectivity index (χ1v) is 7.30. The molecule has 3 heterocycles. The second-order valence-electron chi connectivity index (χ2n) is 5.75. The van der Waals surface area contributed by atoms with Crippen LogP contribution in [0.5, 0.6) is 0 Å². The molecule has 0 spiro atoms. The summed E-state index contributed by atoms with van der Waals surface area (Å²) >= 11 is 0. The molecule has 1 aromatic heterocycles. The maximum absolute atomic E-state index is 12.5. The topological polar surface area (TPSA) is 82.6 Å². The van der Waals surface area contributed by atoms with Crippen molar-refractivity contribution in [3.63, 3.8) is 0 Å². The Morgan fingerprint density at radius 2 is 2.00 bits per heavy atom. The van der Waals surface area contributed by atoms with E-state index in [2.05, 4.69) is 10.3 Å². The number of nitrogens with zero attached hydrogens (tertiary/aromatic N) is 3. The summed E-state index contributed by atoms with van der Waals surface area (Å²) in [5.41, 5.74) is 0.535. The van der Waals surface area contributed by atoms with Gasteiger partial charge in [0, 0.05) is 44.0 Å². The Kier molecular flexibility index (Phi) is 3.79. The third kappa shape index (κ3) is 2.79. The minimum absolute atomic E-state index is 0.0242. The van der Waals surface area contributed by atoms with Crippen molar-refractivity contribution in [3.8, 4) is 0 Å². The Labute approximate surface area is 128 Å². The average molecular weight is 302 g/mol. The summed E-state index contributed by atoms with van der Waals surface area (Å²) in [4.78, 5) is 43.1. The molecule has 2 saturated heterocycles. The van der Waals surface area contributed by atoms with Gasteiger partial charge in [-0.3, -0.25) is 19.4 Å². The van der Waals surface area contributed by atoms with Crippen LogP contribution in [0.4, 0.5) is 0 Å². The highest BCUT2D eigenvalue weighted by atomic mass is 16.2. The molecule has 0 bridgehead atoms. The van der Waals surface area contributed by atoms with Gasteiger partial charge < -0.3 is 15.1 Å². The van der Waals surface area contributed by atoms with E-state index in [0.29, 0.717) is 25.1 Å². The zero-order valence-corrected chi connectivity index (χ0v) is 12.4. The van der Waals surface area contributed by atoms with Crippen molar-refractivity contribution in [2.75, 3.05) is 19.6 Å². The van der Waals surface area contributed by atoms with E-state index in [1.165, 1.54) is 6.92 Å². The van der Waals surface area contributed by atoms with Gasteiger partial charge in [0.1, 0.15) is 6.54 Å². The maximum atomic E-state index is 12.5. The van der Waals surface area contributed by atoms with Crippen LogP contribution in [0.3, 0.4) is 0 Å². The molecule has 0 aromatic carbocycles. The van der Waals surface area contributed by atoms with Crippen molar-refractivity contribution in [2.45, 2.75) is 25.4 Å². The van der Waals surface area contributed by atoms with Crippen LogP contribution in [0.2, 0.25) is 0 Å². The van der Waals surface area contributed by atoms with Crippen LogP contribution in [-0.2, 0) is 9.59 Å². The largest absolute Gasteiger partial charge is 0.352 e. The van der Waals surface area contributed by atoms with Crippen LogP contribution in [-0.4, -0.2) is 64.2 Å². The van der Waals surface area contributed by atoms with Gasteiger partial charge in [0.05, 0.1) is 6.04 Å². The van der Waals surface area contributed by atoms with E-state index in [0.717, 1.165) is 0 Å². The van der Waals surface area contributed by atoms with Gasteiger partial charge in [-0.25, -0.2) is 0 Å². The number of nitrogens with one attached hydrogen (secondary N) is 1. The van der Waals surface area contributed by atoms with Gasteiger partial charge in [0.2, 0.25) is 11.8 Å². The molecule has 2 aliphatic heterocycles. The van der Waals surface area contributed by atoms with E-state index in [-0.39, 0.29) is 36.3 Å². The van der Waals surface area contributed by atoms with E-state index >= 15 is 0 Å². The van der Waals surface area contributed by atoms with Crippen molar-refractivity contribution < 1.29 is 14.4 Å². The van der Waals surface area contributed by atoms with Gasteiger partial charge in [-0.2, -0.15) is 0 Å². The molecule has 0 radical (unpaired) electrons. The minimum Gasteiger partial charge on any atom is -0.352 e. The first kappa shape index (κ1) is 14.5. The second kappa shape index (κ2) is 5.75. The summed E-state index contributed by atoms with van der Waals surface area (Å²) in [6.45, 7) is 2.59. The summed E-state index contributed by atoms with van der Waals surface area (Å²) in [6, 6.07) is 3.24. The highest BCUT2D eigenvalue weighted by Crippen LogP contribution is 2.24. The number of rotatable bonds is 2. The zero-order chi connectivity index (χ0) is 15.7. The van der Waals surface area contributed by atoms with Crippen LogP contribution < -0.4 is 5.32 Å². The number of fused-ring (bicyclic) bond motifs is 1. The molecule has 7 nitrogen and oxygen atoms in total. The van der Waals surface area contributed by atoms with E-state index < -0.39 is 0 Å². The molecule has 3 amide bonds. The summed E-state index contributed by atoms with van der Waals surface area (Å²) in [6.07, 6.45) is 3.81. The molecule has 116 valence electrons. The van der Waals surface area contributed by atoms with E-state index in [9.17, 15) is 14.4 Å². The second-order valence-corrected chi connectivity index (χ2v) is 5.75. The molecule has 2 fully saturated rings. The Bertz CT molecular complexity index is 604. The molecule has 1 N–H and O–H groups in total. The van der Waals surface area contributed by atoms with Gasteiger partial charge in [-0.15, -0.1) is 0 Å². The molecule has 7 heteroatoms. The van der Waals surface area contributed by atoms with E-state index in [4.69, 9.17) is 0 Å². The number of hydrogen-bond acceptors (Lipinski definition) is 4. The van der Waals surface area contributed by atoms with Crippen LogP contribution >= 0.6 is 0 Å². The molecule has 3 rings (SSSR count). The van der Waals surface area contributed by atoms with E-state index in [1.54, 1.807) is 34.3 Å². The zero-order valence-electron chi connectivity index (χ0n) is 12.4. The molecule has 2 aliphatic rings. The first-order valence-electron chi connectivity index (χ1n) is 7.30. The number of hydrogen-bond donors (Lipinski definition) is 1. The number of piperazine rings is 1. The standard InChI is InChI=1S/C15H18N4O3/c1-10(20)17-12-6-13-8-18(9-14(21)19(13)7-12)15(22)11-2-4-16-5-3-11/h2-5,12-13H,6-9H2,1H3,(H,17,20)/t12-,13-/m0/s1. The highest BCUT2D eigenvalue weighted by Gasteiger charge is 2.41. The molecule has 0 aliphatic carbocycles. The Morgan fingerprint density at radius 1 is 1.27 bits per heavy atom. The lowest BCUT2D eigenvalue weighted by atomic mass is 10.1. The fourth-order valence-corrected chi connectivity index (χ4v) is 3.19. The lowest BCUT2D eigenvalue weighted by Gasteiger charge is -2.36. The molecule has 2 atom stereocenters. The van der Waals surface area contributed by atoms with Crippen molar-refractivity contribution in [1.29, 1.82) is 0 Å². The van der Waals surface area contributed by atoms with Gasteiger partial charge in [0.15, 0.2) is 0 Å². The van der Waals surface area contributed by atoms with Crippen molar-refractivity contribution in [2.24, 2.45) is 0 Å². The maximum Gasteiger partial charge on any atom is 0.254 e. The quantitative estimate of drug-likeness (QED) is 0.809. The van der Waals surface area contributed by atoms with Crippen LogP contribution in [0.25, 0.3) is 0 Å². The monoisotopic (exact) mass is 302 g/mol. The molecule has 22 heavy (non-hydrogen) atoms. The SMILES string of the molecule is CC(=O)N[C@H]1C[C@H]2CN(C(=O)c3ccncc3)CC(=O)N2C1. The smallest absolute Gasteiger partial charge is 0.254 e. The third-order valence-electron chi connectivity index (χ3n) is 4.11. The van der Waals surface area contributed by atoms with Crippen LogP contribution in [0.15, 0.2) is 24.5 Å². The minimum atomic E-state index is -0.154. The van der Waals surface area contributed by atoms with Crippen LogP contribution in [0.1, 0.15) is 23.7 Å². The average Bonchev–Trinajstić information content (AvgIpc) is 2.89. The predicted octanol–water partition coefficient (Wildman–Crippen LogP) is -0.357. The fraction of sp³-hybridized carbons (Fsp3) is 0.467. The Morgan fingerprint density at radius 3 is 2.68 bits per heavy atom. The molecular weight excluding hydrogens is 284 g/mol. The lowest BCUT2D eigenvalue weighted by Crippen LogP contribution is -2.55. The highest BCUT2D eigenvalue weighted by molar-refractivity contribution is 5.97.